The molecule has 116 valence electrons. The zero-order valence-electron chi connectivity index (χ0n) is 12.0. The van der Waals surface area contributed by atoms with Gasteiger partial charge >= 0.3 is 0 Å². The average Bonchev–Trinajstić information content (AvgIpc) is 2.90. The Morgan fingerprint density at radius 1 is 1.33 bits per heavy atom. The van der Waals surface area contributed by atoms with Crippen molar-refractivity contribution in [2.75, 3.05) is 18.1 Å². The number of nitro benzene ring substituents is 1. The monoisotopic (exact) mass is 312 g/mol. The van der Waals surface area contributed by atoms with E-state index in [-0.39, 0.29) is 10.6 Å². The van der Waals surface area contributed by atoms with Crippen LogP contribution in [0, 0.1) is 16.0 Å². The SMILES string of the molecule is CS(=O)(=O)c1ccc(NCCC2CCCC2)c([N+](=O)[O-])c1. The summed E-state index contributed by atoms with van der Waals surface area (Å²) in [5, 5.41) is 14.2. The third-order valence-corrected chi connectivity index (χ3v) is 5.05. The minimum atomic E-state index is -3.44. The Kier molecular flexibility index (Phi) is 4.82. The van der Waals surface area contributed by atoms with Crippen LogP contribution in [0.5, 0.6) is 0 Å². The fourth-order valence-corrected chi connectivity index (χ4v) is 3.39. The normalized spacial score (nSPS) is 16.0. The third-order valence-electron chi connectivity index (χ3n) is 3.94. The molecule has 1 aliphatic rings. The number of hydrogen-bond acceptors (Lipinski definition) is 5. The molecule has 1 fully saturated rings. The largest absolute Gasteiger partial charge is 0.379 e. The van der Waals surface area contributed by atoms with E-state index in [1.54, 1.807) is 0 Å². The predicted octanol–water partition coefficient (Wildman–Crippen LogP) is 2.99. The van der Waals surface area contributed by atoms with E-state index >= 15 is 0 Å². The van der Waals surface area contributed by atoms with Crippen LogP contribution in [-0.4, -0.2) is 26.1 Å². The summed E-state index contributed by atoms with van der Waals surface area (Å²) < 4.78 is 22.9. The second-order valence-corrected chi connectivity index (χ2v) is 7.59. The van der Waals surface area contributed by atoms with Crippen molar-refractivity contribution in [3.05, 3.63) is 28.3 Å². The molecule has 0 saturated heterocycles. The van der Waals surface area contributed by atoms with Gasteiger partial charge in [-0.1, -0.05) is 25.7 Å². The average molecular weight is 312 g/mol. The highest BCUT2D eigenvalue weighted by atomic mass is 32.2. The van der Waals surface area contributed by atoms with Gasteiger partial charge in [-0.25, -0.2) is 8.42 Å². The molecule has 1 N–H and O–H groups in total. The molecule has 0 heterocycles. The first-order chi connectivity index (χ1) is 9.88. The van der Waals surface area contributed by atoms with Crippen LogP contribution in [0.1, 0.15) is 32.1 Å². The van der Waals surface area contributed by atoms with Gasteiger partial charge in [0.05, 0.1) is 9.82 Å². The first-order valence-electron chi connectivity index (χ1n) is 7.10. The summed E-state index contributed by atoms with van der Waals surface area (Å²) in [4.78, 5) is 10.5. The highest BCUT2D eigenvalue weighted by Crippen LogP contribution is 2.30. The van der Waals surface area contributed by atoms with E-state index < -0.39 is 14.8 Å². The molecule has 0 bridgehead atoms. The van der Waals surface area contributed by atoms with Gasteiger partial charge in [0.2, 0.25) is 0 Å². The Morgan fingerprint density at radius 2 is 2.00 bits per heavy atom. The Labute approximate surface area is 124 Å². The molecule has 0 atom stereocenters. The summed E-state index contributed by atoms with van der Waals surface area (Å²) in [6.45, 7) is 0.670. The molecule has 0 unspecified atom stereocenters. The summed E-state index contributed by atoms with van der Waals surface area (Å²) in [5.74, 6) is 0.701. The minimum absolute atomic E-state index is 0.0319. The fourth-order valence-electron chi connectivity index (χ4n) is 2.75. The Morgan fingerprint density at radius 3 is 2.57 bits per heavy atom. The quantitative estimate of drug-likeness (QED) is 0.644. The Balaban J connectivity index is 2.09. The van der Waals surface area contributed by atoms with Crippen molar-refractivity contribution in [1.29, 1.82) is 0 Å². The zero-order chi connectivity index (χ0) is 15.5. The van der Waals surface area contributed by atoms with Gasteiger partial charge in [0, 0.05) is 18.9 Å². The maximum atomic E-state index is 11.5. The van der Waals surface area contributed by atoms with Crippen molar-refractivity contribution in [2.24, 2.45) is 5.92 Å². The number of nitro groups is 1. The molecule has 1 aromatic rings. The summed E-state index contributed by atoms with van der Waals surface area (Å²) in [6, 6.07) is 4.00. The van der Waals surface area contributed by atoms with Crippen molar-refractivity contribution in [2.45, 2.75) is 37.0 Å². The van der Waals surface area contributed by atoms with E-state index in [0.29, 0.717) is 18.2 Å². The fraction of sp³-hybridized carbons (Fsp3) is 0.571. The van der Waals surface area contributed by atoms with Crippen molar-refractivity contribution in [3.63, 3.8) is 0 Å². The summed E-state index contributed by atoms with van der Waals surface area (Å²) in [5.41, 5.74) is 0.190. The highest BCUT2D eigenvalue weighted by Gasteiger charge is 2.19. The molecule has 1 aromatic carbocycles. The van der Waals surface area contributed by atoms with E-state index in [9.17, 15) is 18.5 Å². The smallest absolute Gasteiger partial charge is 0.293 e. The Hall–Kier alpha value is -1.63. The molecule has 1 aliphatic carbocycles. The maximum Gasteiger partial charge on any atom is 0.293 e. The van der Waals surface area contributed by atoms with E-state index in [1.165, 1.54) is 37.8 Å². The van der Waals surface area contributed by atoms with Crippen molar-refractivity contribution in [1.82, 2.24) is 0 Å². The van der Waals surface area contributed by atoms with Gasteiger partial charge in [0.25, 0.3) is 5.69 Å². The van der Waals surface area contributed by atoms with Crippen LogP contribution in [-0.2, 0) is 9.84 Å². The molecule has 6 nitrogen and oxygen atoms in total. The second-order valence-electron chi connectivity index (χ2n) is 5.57. The zero-order valence-corrected chi connectivity index (χ0v) is 12.9. The standard InChI is InChI=1S/C14H20N2O4S/c1-21(19,20)12-6-7-13(14(10-12)16(17)18)15-9-8-11-4-2-3-5-11/h6-7,10-11,15H,2-5,8-9H2,1H3. The van der Waals surface area contributed by atoms with E-state index in [0.717, 1.165) is 18.7 Å². The summed E-state index contributed by atoms with van der Waals surface area (Å²) in [6.07, 6.45) is 7.04. The number of nitrogens with one attached hydrogen (secondary N) is 1. The molecule has 2 rings (SSSR count). The van der Waals surface area contributed by atoms with Crippen LogP contribution in [0.3, 0.4) is 0 Å². The van der Waals surface area contributed by atoms with Crippen molar-refractivity contribution < 1.29 is 13.3 Å². The molecule has 21 heavy (non-hydrogen) atoms. The number of sulfone groups is 1. The Bertz CT molecular complexity index is 622. The number of benzene rings is 1. The molecule has 0 radical (unpaired) electrons. The molecule has 0 spiro atoms. The topological polar surface area (TPSA) is 89.3 Å². The lowest BCUT2D eigenvalue weighted by Gasteiger charge is -2.11. The van der Waals surface area contributed by atoms with Gasteiger partial charge in [-0.3, -0.25) is 10.1 Å². The first kappa shape index (κ1) is 15.8. The van der Waals surface area contributed by atoms with Crippen molar-refractivity contribution >= 4 is 21.2 Å². The van der Waals surface area contributed by atoms with Crippen molar-refractivity contribution in [3.8, 4) is 0 Å². The lowest BCUT2D eigenvalue weighted by Crippen LogP contribution is -2.09. The minimum Gasteiger partial charge on any atom is -0.379 e. The molecule has 1 saturated carbocycles. The summed E-state index contributed by atoms with van der Waals surface area (Å²) >= 11 is 0. The number of hydrogen-bond donors (Lipinski definition) is 1. The number of rotatable bonds is 6. The first-order valence-corrected chi connectivity index (χ1v) is 8.99. The summed E-state index contributed by atoms with van der Waals surface area (Å²) in [7, 11) is -3.44. The van der Waals surface area contributed by atoms with E-state index in [2.05, 4.69) is 5.32 Å². The highest BCUT2D eigenvalue weighted by molar-refractivity contribution is 7.90. The van der Waals surface area contributed by atoms with Crippen LogP contribution >= 0.6 is 0 Å². The second kappa shape index (κ2) is 6.43. The lowest BCUT2D eigenvalue weighted by molar-refractivity contribution is -0.384. The molecule has 0 aliphatic heterocycles. The molecule has 0 amide bonds. The van der Waals surface area contributed by atoms with Crippen LogP contribution in [0.15, 0.2) is 23.1 Å². The van der Waals surface area contributed by atoms with Gasteiger partial charge in [-0.05, 0) is 24.5 Å². The van der Waals surface area contributed by atoms with Crippen LogP contribution in [0.25, 0.3) is 0 Å². The van der Waals surface area contributed by atoms with Crippen LogP contribution in [0.4, 0.5) is 11.4 Å². The third kappa shape index (κ3) is 4.17. The van der Waals surface area contributed by atoms with Gasteiger partial charge in [0.15, 0.2) is 9.84 Å². The van der Waals surface area contributed by atoms with Gasteiger partial charge < -0.3 is 5.32 Å². The molecule has 0 aromatic heterocycles. The van der Waals surface area contributed by atoms with E-state index in [4.69, 9.17) is 0 Å². The predicted molar refractivity (Wildman–Crippen MR) is 81.3 cm³/mol. The molecular formula is C14H20N2O4S. The number of anilines is 1. The number of nitrogens with zero attached hydrogens (tertiary/aromatic N) is 1. The van der Waals surface area contributed by atoms with Crippen LogP contribution in [0.2, 0.25) is 0 Å². The van der Waals surface area contributed by atoms with Crippen LogP contribution < -0.4 is 5.32 Å². The van der Waals surface area contributed by atoms with E-state index in [1.807, 2.05) is 0 Å². The molecule has 7 heteroatoms. The maximum absolute atomic E-state index is 11.5. The van der Waals surface area contributed by atoms with Gasteiger partial charge in [0.1, 0.15) is 5.69 Å². The lowest BCUT2D eigenvalue weighted by atomic mass is 10.0. The van der Waals surface area contributed by atoms with Gasteiger partial charge in [-0.2, -0.15) is 0 Å². The van der Waals surface area contributed by atoms with Gasteiger partial charge in [-0.15, -0.1) is 0 Å². The molecular weight excluding hydrogens is 292 g/mol.